The van der Waals surface area contributed by atoms with Crippen molar-refractivity contribution in [2.75, 3.05) is 44.2 Å². The van der Waals surface area contributed by atoms with Crippen LogP contribution in [0.1, 0.15) is 18.4 Å². The van der Waals surface area contributed by atoms with Crippen LogP contribution in [0, 0.1) is 0 Å². The lowest BCUT2D eigenvalue weighted by molar-refractivity contribution is -0.139. The molecule has 2 heterocycles. The van der Waals surface area contributed by atoms with E-state index in [9.17, 15) is 22.8 Å². The monoisotopic (exact) mass is 436 g/mol. The van der Waals surface area contributed by atoms with E-state index >= 15 is 0 Å². The van der Waals surface area contributed by atoms with Gasteiger partial charge in [-0.15, -0.1) is 0 Å². The van der Waals surface area contributed by atoms with Crippen LogP contribution in [0.15, 0.2) is 53.5 Å². The Kier molecular flexibility index (Phi) is 7.73. The number of hydrogen-bond donors (Lipinski definition) is 1. The molecule has 1 saturated heterocycles. The molecule has 2 aromatic rings. The Morgan fingerprint density at radius 3 is 2.35 bits per heavy atom. The Morgan fingerprint density at radius 2 is 1.68 bits per heavy atom. The van der Waals surface area contributed by atoms with E-state index in [2.05, 4.69) is 27.2 Å². The maximum Gasteiger partial charge on any atom is 0.421 e. The summed E-state index contributed by atoms with van der Waals surface area (Å²) in [5, 5.41) is 2.68. The summed E-state index contributed by atoms with van der Waals surface area (Å²) < 4.78 is 39.2. The van der Waals surface area contributed by atoms with E-state index in [1.165, 1.54) is 11.9 Å². The molecule has 31 heavy (non-hydrogen) atoms. The molecule has 1 fully saturated rings. The van der Waals surface area contributed by atoms with Crippen LogP contribution in [0.3, 0.4) is 0 Å². The van der Waals surface area contributed by atoms with Crippen molar-refractivity contribution < 1.29 is 18.0 Å². The molecule has 0 atom stereocenters. The molecule has 1 N–H and O–H groups in total. The second-order valence-electron chi connectivity index (χ2n) is 7.57. The van der Waals surface area contributed by atoms with Crippen LogP contribution in [0.2, 0.25) is 0 Å². The number of halogens is 3. The smallest absolute Gasteiger partial charge is 0.369 e. The minimum absolute atomic E-state index is 0.426. The highest BCUT2D eigenvalue weighted by Gasteiger charge is 2.34. The molecule has 168 valence electrons. The molecule has 1 aromatic heterocycles. The minimum Gasteiger partial charge on any atom is -0.369 e. The number of hydrogen-bond acceptors (Lipinski definition) is 4. The number of para-hydroxylation sites is 1. The summed E-state index contributed by atoms with van der Waals surface area (Å²) in [7, 11) is 0. The molecule has 6 nitrogen and oxygen atoms in total. The summed E-state index contributed by atoms with van der Waals surface area (Å²) >= 11 is 0. The molecule has 1 aliphatic heterocycles. The number of amides is 1. The largest absolute Gasteiger partial charge is 0.421 e. The van der Waals surface area contributed by atoms with E-state index in [0.29, 0.717) is 6.54 Å². The van der Waals surface area contributed by atoms with Gasteiger partial charge in [0, 0.05) is 44.6 Å². The van der Waals surface area contributed by atoms with Crippen LogP contribution in [0.4, 0.5) is 18.9 Å². The predicted molar refractivity (Wildman–Crippen MR) is 113 cm³/mol. The van der Waals surface area contributed by atoms with Gasteiger partial charge in [-0.25, -0.2) is 0 Å². The summed E-state index contributed by atoms with van der Waals surface area (Å²) in [6, 6.07) is 12.2. The van der Waals surface area contributed by atoms with Gasteiger partial charge in [-0.1, -0.05) is 18.2 Å². The Labute approximate surface area is 179 Å². The number of aromatic nitrogens is 1. The van der Waals surface area contributed by atoms with Crippen molar-refractivity contribution in [2.24, 2.45) is 0 Å². The third-order valence-corrected chi connectivity index (χ3v) is 5.36. The number of alkyl halides is 3. The molecule has 0 aliphatic carbocycles. The number of unbranched alkanes of at least 4 members (excludes halogenated alkanes) is 1. The lowest BCUT2D eigenvalue weighted by Gasteiger charge is -2.36. The van der Waals surface area contributed by atoms with E-state index < -0.39 is 29.8 Å². The molecule has 0 spiro atoms. The molecular weight excluding hydrogens is 409 g/mol. The average Bonchev–Trinajstić information content (AvgIpc) is 2.75. The van der Waals surface area contributed by atoms with Gasteiger partial charge < -0.3 is 14.8 Å². The Morgan fingerprint density at radius 1 is 0.968 bits per heavy atom. The molecule has 1 aromatic carbocycles. The molecule has 3 rings (SSSR count). The van der Waals surface area contributed by atoms with Crippen LogP contribution >= 0.6 is 0 Å². The first-order valence-corrected chi connectivity index (χ1v) is 10.4. The Bertz CT molecular complexity index is 907. The van der Waals surface area contributed by atoms with Crippen molar-refractivity contribution in [2.45, 2.75) is 25.6 Å². The van der Waals surface area contributed by atoms with Gasteiger partial charge in [-0.3, -0.25) is 14.5 Å². The summed E-state index contributed by atoms with van der Waals surface area (Å²) in [6.07, 6.45) is -1.87. The number of nitrogens with zero attached hydrogens (tertiary/aromatic N) is 3. The maximum atomic E-state index is 12.8. The number of rotatable bonds is 8. The van der Waals surface area contributed by atoms with Gasteiger partial charge in [-0.2, -0.15) is 13.2 Å². The highest BCUT2D eigenvalue weighted by molar-refractivity contribution is 5.75. The van der Waals surface area contributed by atoms with E-state index in [0.717, 1.165) is 62.3 Å². The second kappa shape index (κ2) is 10.5. The fourth-order valence-corrected chi connectivity index (χ4v) is 3.64. The molecule has 9 heteroatoms. The third-order valence-electron chi connectivity index (χ3n) is 5.36. The summed E-state index contributed by atoms with van der Waals surface area (Å²) in [4.78, 5) is 28.6. The van der Waals surface area contributed by atoms with Crippen LogP contribution in [0.25, 0.3) is 0 Å². The quantitative estimate of drug-likeness (QED) is 0.647. The lowest BCUT2D eigenvalue weighted by Crippen LogP contribution is -2.46. The number of benzene rings is 1. The molecule has 1 aliphatic rings. The van der Waals surface area contributed by atoms with E-state index in [4.69, 9.17) is 0 Å². The van der Waals surface area contributed by atoms with Crippen LogP contribution in [0.5, 0.6) is 0 Å². The van der Waals surface area contributed by atoms with Gasteiger partial charge in [0.15, 0.2) is 0 Å². The van der Waals surface area contributed by atoms with Gasteiger partial charge in [0.05, 0.1) is 0 Å². The first kappa shape index (κ1) is 22.9. The normalized spacial score (nSPS) is 15.1. The molecule has 0 saturated carbocycles. The fourth-order valence-electron chi connectivity index (χ4n) is 3.64. The molecule has 0 radical (unpaired) electrons. The second-order valence-corrected chi connectivity index (χ2v) is 7.57. The number of piperazine rings is 1. The number of anilines is 1. The number of pyridine rings is 1. The van der Waals surface area contributed by atoms with Gasteiger partial charge in [0.2, 0.25) is 5.91 Å². The van der Waals surface area contributed by atoms with Crippen molar-refractivity contribution in [1.29, 1.82) is 0 Å². The van der Waals surface area contributed by atoms with Crippen molar-refractivity contribution >= 4 is 11.6 Å². The van der Waals surface area contributed by atoms with E-state index in [1.54, 1.807) is 0 Å². The topological polar surface area (TPSA) is 57.6 Å². The van der Waals surface area contributed by atoms with E-state index in [1.807, 2.05) is 18.2 Å². The molecule has 1 amide bonds. The van der Waals surface area contributed by atoms with Crippen LogP contribution < -0.4 is 15.8 Å². The van der Waals surface area contributed by atoms with Gasteiger partial charge in [0.1, 0.15) is 12.1 Å². The SMILES string of the molecule is O=C(Cn1cccc(C(F)(F)F)c1=O)NCCCCN1CCN(c2ccccc2)CC1. The highest BCUT2D eigenvalue weighted by atomic mass is 19.4. The zero-order valence-corrected chi connectivity index (χ0v) is 17.3. The third kappa shape index (κ3) is 6.58. The van der Waals surface area contributed by atoms with Crippen molar-refractivity contribution in [3.8, 4) is 0 Å². The minimum atomic E-state index is -4.73. The zero-order chi connectivity index (χ0) is 22.3. The number of nitrogens with one attached hydrogen (secondary N) is 1. The Balaban J connectivity index is 1.33. The molecular formula is C22H27F3N4O2. The maximum absolute atomic E-state index is 12.8. The van der Waals surface area contributed by atoms with Crippen molar-refractivity contribution in [1.82, 2.24) is 14.8 Å². The van der Waals surface area contributed by atoms with Gasteiger partial charge in [0.25, 0.3) is 5.56 Å². The summed E-state index contributed by atoms with van der Waals surface area (Å²) in [5.74, 6) is -0.474. The molecule has 0 bridgehead atoms. The highest BCUT2D eigenvalue weighted by Crippen LogP contribution is 2.25. The standard InChI is InChI=1S/C22H27F3N4O2/c23-22(24,25)19-9-6-12-29(21(19)31)17-20(30)26-10-4-5-11-27-13-15-28(16-14-27)18-7-2-1-3-8-18/h1-3,6-9,12H,4-5,10-11,13-17H2,(H,26,30). The predicted octanol–water partition coefficient (Wildman–Crippen LogP) is 2.59. The fraction of sp³-hybridized carbons (Fsp3) is 0.455. The molecule has 0 unspecified atom stereocenters. The van der Waals surface area contributed by atoms with E-state index in [-0.39, 0.29) is 0 Å². The van der Waals surface area contributed by atoms with Crippen LogP contribution in [-0.2, 0) is 17.5 Å². The zero-order valence-electron chi connectivity index (χ0n) is 17.3. The van der Waals surface area contributed by atoms with Crippen molar-refractivity contribution in [3.05, 3.63) is 64.6 Å². The number of carbonyl (C=O) groups excluding carboxylic acids is 1. The average molecular weight is 436 g/mol. The Hall–Kier alpha value is -2.81. The first-order valence-electron chi connectivity index (χ1n) is 10.4. The van der Waals surface area contributed by atoms with Gasteiger partial charge >= 0.3 is 6.18 Å². The van der Waals surface area contributed by atoms with Gasteiger partial charge in [-0.05, 0) is 43.7 Å². The first-order chi connectivity index (χ1) is 14.8. The number of carbonyl (C=O) groups is 1. The van der Waals surface area contributed by atoms with Crippen molar-refractivity contribution in [3.63, 3.8) is 0 Å². The lowest BCUT2D eigenvalue weighted by atomic mass is 10.2. The summed E-state index contributed by atoms with van der Waals surface area (Å²) in [6.45, 7) is 4.87. The summed E-state index contributed by atoms with van der Waals surface area (Å²) in [5.41, 5.74) is -1.24. The van der Waals surface area contributed by atoms with Crippen LogP contribution in [-0.4, -0.2) is 54.6 Å².